The van der Waals surface area contributed by atoms with Gasteiger partial charge in [-0.1, -0.05) is 42.1 Å². The maximum absolute atomic E-state index is 13.4. The van der Waals surface area contributed by atoms with Crippen molar-refractivity contribution in [2.75, 3.05) is 6.61 Å². The van der Waals surface area contributed by atoms with Crippen LogP contribution in [0.2, 0.25) is 0 Å². The van der Waals surface area contributed by atoms with E-state index in [1.54, 1.807) is 30.3 Å². The number of carbonyl (C=O) groups is 2. The first-order chi connectivity index (χ1) is 13.2. The number of aliphatic hydroxyl groups is 1. The second kappa shape index (κ2) is 8.28. The summed E-state index contributed by atoms with van der Waals surface area (Å²) in [7, 11) is 0. The molecule has 28 heavy (non-hydrogen) atoms. The predicted molar refractivity (Wildman–Crippen MR) is 102 cm³/mol. The number of nitrogens with one attached hydrogen (secondary N) is 1. The normalized spacial score (nSPS) is 18.1. The third kappa shape index (κ3) is 5.08. The van der Waals surface area contributed by atoms with Crippen LogP contribution in [-0.4, -0.2) is 28.1 Å². The van der Waals surface area contributed by atoms with Crippen LogP contribution in [0.3, 0.4) is 0 Å². The number of rotatable bonds is 7. The molecule has 2 aromatic rings. The molecule has 0 bridgehead atoms. The SMILES string of the molecule is CC(F)(F)c1cccc([C@H](O)COc2ccc(CC3SC(=O)NC3=O)cc2)c1. The highest BCUT2D eigenvalue weighted by Gasteiger charge is 2.31. The fourth-order valence-electron chi connectivity index (χ4n) is 2.75. The Morgan fingerprint density at radius 3 is 2.54 bits per heavy atom. The molecule has 5 nitrogen and oxygen atoms in total. The molecule has 0 aliphatic carbocycles. The Kier molecular flexibility index (Phi) is 6.00. The van der Waals surface area contributed by atoms with Crippen LogP contribution in [0.5, 0.6) is 5.75 Å². The van der Waals surface area contributed by atoms with E-state index < -0.39 is 17.3 Å². The standard InChI is InChI=1S/C20H19F2NO4S/c1-20(21,22)14-4-2-3-13(10-14)16(24)11-27-15-7-5-12(6-8-15)9-17-18(25)23-19(26)28-17/h2-8,10,16-17,24H,9,11H2,1H3,(H,23,25,26)/t16-,17?/m1/s1. The van der Waals surface area contributed by atoms with Gasteiger partial charge in [0.15, 0.2) is 0 Å². The Balaban J connectivity index is 1.56. The summed E-state index contributed by atoms with van der Waals surface area (Å²) < 4.78 is 32.4. The van der Waals surface area contributed by atoms with E-state index in [1.165, 1.54) is 18.2 Å². The van der Waals surface area contributed by atoms with Gasteiger partial charge in [0.2, 0.25) is 5.91 Å². The zero-order chi connectivity index (χ0) is 20.3. The van der Waals surface area contributed by atoms with Gasteiger partial charge in [-0.2, -0.15) is 0 Å². The summed E-state index contributed by atoms with van der Waals surface area (Å²) in [5.74, 6) is -2.77. The minimum absolute atomic E-state index is 0.0898. The molecular formula is C20H19F2NO4S. The van der Waals surface area contributed by atoms with Gasteiger partial charge in [-0.15, -0.1) is 0 Å². The smallest absolute Gasteiger partial charge is 0.286 e. The topological polar surface area (TPSA) is 75.6 Å². The van der Waals surface area contributed by atoms with Crippen LogP contribution in [-0.2, 0) is 17.1 Å². The molecule has 8 heteroatoms. The van der Waals surface area contributed by atoms with Crippen LogP contribution < -0.4 is 10.1 Å². The Bertz CT molecular complexity index is 867. The van der Waals surface area contributed by atoms with Gasteiger partial charge in [0.05, 0.1) is 5.25 Å². The van der Waals surface area contributed by atoms with Gasteiger partial charge in [-0.05, 0) is 35.7 Å². The Morgan fingerprint density at radius 2 is 1.93 bits per heavy atom. The van der Waals surface area contributed by atoms with Gasteiger partial charge in [-0.3, -0.25) is 14.9 Å². The van der Waals surface area contributed by atoms with Crippen LogP contribution in [0.1, 0.15) is 29.7 Å². The zero-order valence-corrected chi connectivity index (χ0v) is 15.8. The monoisotopic (exact) mass is 407 g/mol. The highest BCUT2D eigenvalue weighted by Crippen LogP contribution is 2.29. The molecule has 148 valence electrons. The fourth-order valence-corrected chi connectivity index (χ4v) is 3.61. The largest absolute Gasteiger partial charge is 0.491 e. The summed E-state index contributed by atoms with van der Waals surface area (Å²) in [4.78, 5) is 22.8. The Morgan fingerprint density at radius 1 is 1.21 bits per heavy atom. The molecule has 1 fully saturated rings. The average molecular weight is 407 g/mol. The summed E-state index contributed by atoms with van der Waals surface area (Å²) in [5.41, 5.74) is 1.05. The average Bonchev–Trinajstić information content (AvgIpc) is 2.97. The molecule has 0 saturated carbocycles. The minimum Gasteiger partial charge on any atom is -0.491 e. The Labute approximate surface area is 165 Å². The van der Waals surface area contributed by atoms with E-state index in [4.69, 9.17) is 4.74 Å². The van der Waals surface area contributed by atoms with Crippen molar-refractivity contribution in [2.45, 2.75) is 30.6 Å². The van der Waals surface area contributed by atoms with Crippen LogP contribution in [0.15, 0.2) is 48.5 Å². The van der Waals surface area contributed by atoms with Gasteiger partial charge in [0.1, 0.15) is 18.5 Å². The molecule has 3 rings (SSSR count). The molecular weight excluding hydrogens is 388 g/mol. The van der Waals surface area contributed by atoms with E-state index >= 15 is 0 Å². The van der Waals surface area contributed by atoms with E-state index in [1.807, 2.05) is 0 Å². The van der Waals surface area contributed by atoms with Crippen LogP contribution >= 0.6 is 11.8 Å². The van der Waals surface area contributed by atoms with Crippen molar-refractivity contribution in [3.63, 3.8) is 0 Å². The number of amides is 2. The van der Waals surface area contributed by atoms with Crippen molar-refractivity contribution in [3.05, 3.63) is 65.2 Å². The summed E-state index contributed by atoms with van der Waals surface area (Å²) >= 11 is 0.970. The van der Waals surface area contributed by atoms with Gasteiger partial charge < -0.3 is 9.84 Å². The number of imide groups is 1. The fraction of sp³-hybridized carbons (Fsp3) is 0.300. The lowest BCUT2D eigenvalue weighted by Crippen LogP contribution is -2.25. The van der Waals surface area contributed by atoms with Gasteiger partial charge >= 0.3 is 0 Å². The van der Waals surface area contributed by atoms with Crippen LogP contribution in [0, 0.1) is 0 Å². The molecule has 2 amide bonds. The van der Waals surface area contributed by atoms with E-state index in [0.29, 0.717) is 17.7 Å². The maximum Gasteiger partial charge on any atom is 0.286 e. The number of benzene rings is 2. The number of aliphatic hydroxyl groups excluding tert-OH is 1. The lowest BCUT2D eigenvalue weighted by molar-refractivity contribution is -0.118. The summed E-state index contributed by atoms with van der Waals surface area (Å²) in [6.07, 6.45) is -0.630. The van der Waals surface area contributed by atoms with Gasteiger partial charge in [0.25, 0.3) is 11.2 Å². The molecule has 0 aromatic heterocycles. The van der Waals surface area contributed by atoms with Crippen molar-refractivity contribution < 1.29 is 28.2 Å². The first kappa shape index (κ1) is 20.3. The third-order valence-corrected chi connectivity index (χ3v) is 5.28. The quantitative estimate of drug-likeness (QED) is 0.730. The number of hydrogen-bond acceptors (Lipinski definition) is 5. The lowest BCUT2D eigenvalue weighted by atomic mass is 10.0. The molecule has 0 radical (unpaired) electrons. The second-order valence-electron chi connectivity index (χ2n) is 6.57. The van der Waals surface area contributed by atoms with E-state index in [9.17, 15) is 23.5 Å². The van der Waals surface area contributed by atoms with Gasteiger partial charge in [0, 0.05) is 12.5 Å². The van der Waals surface area contributed by atoms with Crippen molar-refractivity contribution in [3.8, 4) is 5.75 Å². The molecule has 0 spiro atoms. The van der Waals surface area contributed by atoms with Crippen molar-refractivity contribution in [1.29, 1.82) is 0 Å². The molecule has 1 saturated heterocycles. The van der Waals surface area contributed by atoms with E-state index in [-0.39, 0.29) is 23.3 Å². The molecule has 1 unspecified atom stereocenters. The molecule has 1 aliphatic heterocycles. The first-order valence-corrected chi connectivity index (χ1v) is 9.50. The number of alkyl halides is 2. The summed E-state index contributed by atoms with van der Waals surface area (Å²) in [6.45, 7) is 0.716. The minimum atomic E-state index is -2.98. The van der Waals surface area contributed by atoms with Crippen LogP contribution in [0.25, 0.3) is 0 Å². The molecule has 2 atom stereocenters. The second-order valence-corrected chi connectivity index (χ2v) is 7.75. The van der Waals surface area contributed by atoms with Crippen molar-refractivity contribution >= 4 is 22.9 Å². The lowest BCUT2D eigenvalue weighted by Gasteiger charge is -2.16. The first-order valence-electron chi connectivity index (χ1n) is 8.62. The molecule has 1 aliphatic rings. The van der Waals surface area contributed by atoms with Crippen molar-refractivity contribution in [1.82, 2.24) is 5.32 Å². The van der Waals surface area contributed by atoms with Crippen LogP contribution in [0.4, 0.5) is 13.6 Å². The molecule has 2 aromatic carbocycles. The van der Waals surface area contributed by atoms with E-state index in [0.717, 1.165) is 24.2 Å². The molecule has 1 heterocycles. The summed E-state index contributed by atoms with van der Waals surface area (Å²) in [6, 6.07) is 12.6. The maximum atomic E-state index is 13.4. The number of ether oxygens (including phenoxy) is 1. The van der Waals surface area contributed by atoms with E-state index in [2.05, 4.69) is 5.32 Å². The number of carbonyl (C=O) groups excluding carboxylic acids is 2. The highest BCUT2D eigenvalue weighted by atomic mass is 32.2. The van der Waals surface area contributed by atoms with Gasteiger partial charge in [-0.25, -0.2) is 8.78 Å². The number of hydrogen-bond donors (Lipinski definition) is 2. The number of thioether (sulfide) groups is 1. The zero-order valence-electron chi connectivity index (χ0n) is 15.0. The Hall–Kier alpha value is -2.45. The summed E-state index contributed by atoms with van der Waals surface area (Å²) in [5, 5.41) is 11.7. The van der Waals surface area contributed by atoms with Crippen molar-refractivity contribution in [2.24, 2.45) is 0 Å². The molecule has 2 N–H and O–H groups in total. The predicted octanol–water partition coefficient (Wildman–Crippen LogP) is 3.80. The number of halogens is 2. The highest BCUT2D eigenvalue weighted by molar-refractivity contribution is 8.15. The third-order valence-electron chi connectivity index (χ3n) is 4.30.